The lowest BCUT2D eigenvalue weighted by atomic mass is 10.2. The second-order valence-corrected chi connectivity index (χ2v) is 4.98. The molecule has 0 saturated carbocycles. The summed E-state index contributed by atoms with van der Waals surface area (Å²) in [5.41, 5.74) is 0.539. The van der Waals surface area contributed by atoms with Gasteiger partial charge in [0.25, 0.3) is 5.69 Å². The molecule has 0 saturated heterocycles. The van der Waals surface area contributed by atoms with E-state index in [9.17, 15) is 10.1 Å². The maximum atomic E-state index is 11.1. The van der Waals surface area contributed by atoms with Crippen LogP contribution in [0.2, 0.25) is 5.02 Å². The lowest BCUT2D eigenvalue weighted by Gasteiger charge is -2.08. The maximum absolute atomic E-state index is 11.1. The number of nitrogens with one attached hydrogen (secondary N) is 1. The minimum Gasteiger partial charge on any atom is -0.310 e. The van der Waals surface area contributed by atoms with Crippen molar-refractivity contribution < 1.29 is 4.92 Å². The number of nitro benzene ring substituents is 1. The number of benzene rings is 1. The summed E-state index contributed by atoms with van der Waals surface area (Å²) in [6, 6.07) is 4.63. The summed E-state index contributed by atoms with van der Waals surface area (Å²) in [4.78, 5) is 14.8. The second-order valence-electron chi connectivity index (χ2n) is 4.54. The summed E-state index contributed by atoms with van der Waals surface area (Å²) in [5.74, 6) is 0.743. The summed E-state index contributed by atoms with van der Waals surface area (Å²) in [6.45, 7) is 3.83. The Kier molecular flexibility index (Phi) is 5.24. The van der Waals surface area contributed by atoms with Crippen LogP contribution in [0.1, 0.15) is 24.7 Å². The summed E-state index contributed by atoms with van der Waals surface area (Å²) < 4.78 is 1.65. The lowest BCUT2D eigenvalue weighted by molar-refractivity contribution is -0.385. The van der Waals surface area contributed by atoms with Gasteiger partial charge in [0.05, 0.1) is 23.6 Å². The van der Waals surface area contributed by atoms with Crippen molar-refractivity contribution in [2.24, 2.45) is 0 Å². The molecule has 2 rings (SSSR count). The molecule has 1 aromatic heterocycles. The standard InChI is InChI=1S/C13H16ClN5O2/c1-2-5-15-7-13-16-9-17-18(13)8-10-3-4-11(14)6-12(10)19(20)21/h3-4,6,9,15H,2,5,7-8H2,1H3. The molecule has 1 heterocycles. The highest BCUT2D eigenvalue weighted by Gasteiger charge is 2.16. The third-order valence-electron chi connectivity index (χ3n) is 2.97. The van der Waals surface area contributed by atoms with Crippen molar-refractivity contribution in [2.75, 3.05) is 6.54 Å². The molecule has 0 fully saturated rings. The number of nitrogens with zero attached hydrogens (tertiary/aromatic N) is 4. The number of halogens is 1. The van der Waals surface area contributed by atoms with Crippen LogP contribution >= 0.6 is 11.6 Å². The van der Waals surface area contributed by atoms with Crippen LogP contribution in [0.25, 0.3) is 0 Å². The molecular formula is C13H16ClN5O2. The predicted octanol–water partition coefficient (Wildman–Crippen LogP) is 2.39. The molecule has 0 bridgehead atoms. The minimum absolute atomic E-state index is 0.00883. The third kappa shape index (κ3) is 3.99. The molecule has 0 aliphatic carbocycles. The molecule has 112 valence electrons. The van der Waals surface area contributed by atoms with Crippen LogP contribution in [-0.4, -0.2) is 26.2 Å². The van der Waals surface area contributed by atoms with E-state index in [-0.39, 0.29) is 12.2 Å². The highest BCUT2D eigenvalue weighted by molar-refractivity contribution is 6.30. The second kappa shape index (κ2) is 7.14. The smallest absolute Gasteiger partial charge is 0.275 e. The Morgan fingerprint density at radius 3 is 3.00 bits per heavy atom. The summed E-state index contributed by atoms with van der Waals surface area (Å²) in [7, 11) is 0. The Bertz CT molecular complexity index is 629. The van der Waals surface area contributed by atoms with Crippen LogP contribution < -0.4 is 5.32 Å². The van der Waals surface area contributed by atoms with E-state index in [0.717, 1.165) is 18.8 Å². The molecular weight excluding hydrogens is 294 g/mol. The fourth-order valence-corrected chi connectivity index (χ4v) is 2.10. The number of rotatable bonds is 7. The van der Waals surface area contributed by atoms with Crippen LogP contribution in [0.15, 0.2) is 24.5 Å². The largest absolute Gasteiger partial charge is 0.310 e. The topological polar surface area (TPSA) is 85.9 Å². The van der Waals surface area contributed by atoms with E-state index in [1.54, 1.807) is 16.8 Å². The number of aromatic nitrogens is 3. The zero-order chi connectivity index (χ0) is 15.2. The molecule has 0 radical (unpaired) electrons. The van der Waals surface area contributed by atoms with Gasteiger partial charge in [0, 0.05) is 11.1 Å². The maximum Gasteiger partial charge on any atom is 0.275 e. The summed E-state index contributed by atoms with van der Waals surface area (Å²) >= 11 is 5.81. The van der Waals surface area contributed by atoms with E-state index in [0.29, 0.717) is 17.1 Å². The molecule has 0 aliphatic heterocycles. The molecule has 1 N–H and O–H groups in total. The Morgan fingerprint density at radius 1 is 1.48 bits per heavy atom. The molecule has 2 aromatic rings. The highest BCUT2D eigenvalue weighted by atomic mass is 35.5. The number of hydrogen-bond donors (Lipinski definition) is 1. The van der Waals surface area contributed by atoms with Gasteiger partial charge in [-0.2, -0.15) is 5.10 Å². The molecule has 0 aliphatic rings. The fourth-order valence-electron chi connectivity index (χ4n) is 1.94. The van der Waals surface area contributed by atoms with Gasteiger partial charge in [-0.05, 0) is 25.1 Å². The Morgan fingerprint density at radius 2 is 2.29 bits per heavy atom. The van der Waals surface area contributed by atoms with Crippen molar-refractivity contribution in [3.8, 4) is 0 Å². The molecule has 0 spiro atoms. The average molecular weight is 310 g/mol. The molecule has 1 aromatic carbocycles. The fraction of sp³-hybridized carbons (Fsp3) is 0.385. The first-order chi connectivity index (χ1) is 10.1. The number of nitro groups is 1. The van der Waals surface area contributed by atoms with E-state index < -0.39 is 4.92 Å². The van der Waals surface area contributed by atoms with Crippen molar-refractivity contribution in [3.63, 3.8) is 0 Å². The van der Waals surface area contributed by atoms with Gasteiger partial charge < -0.3 is 5.32 Å². The van der Waals surface area contributed by atoms with Crippen molar-refractivity contribution in [1.29, 1.82) is 0 Å². The molecule has 0 amide bonds. The van der Waals surface area contributed by atoms with Gasteiger partial charge in [-0.3, -0.25) is 10.1 Å². The van der Waals surface area contributed by atoms with Gasteiger partial charge in [0.2, 0.25) is 0 Å². The summed E-state index contributed by atoms with van der Waals surface area (Å²) in [5, 5.41) is 18.8. The zero-order valence-electron chi connectivity index (χ0n) is 11.6. The third-order valence-corrected chi connectivity index (χ3v) is 3.20. The molecule has 21 heavy (non-hydrogen) atoms. The Balaban J connectivity index is 2.19. The molecule has 7 nitrogen and oxygen atoms in total. The van der Waals surface area contributed by atoms with Crippen molar-refractivity contribution in [1.82, 2.24) is 20.1 Å². The van der Waals surface area contributed by atoms with E-state index >= 15 is 0 Å². The average Bonchev–Trinajstić information content (AvgIpc) is 2.88. The zero-order valence-corrected chi connectivity index (χ0v) is 12.4. The molecule has 0 atom stereocenters. The lowest BCUT2D eigenvalue weighted by Crippen LogP contribution is -2.18. The van der Waals surface area contributed by atoms with Crippen LogP contribution in [0.5, 0.6) is 0 Å². The van der Waals surface area contributed by atoms with Crippen LogP contribution in [0, 0.1) is 10.1 Å². The van der Waals surface area contributed by atoms with Crippen molar-refractivity contribution in [2.45, 2.75) is 26.4 Å². The van der Waals surface area contributed by atoms with E-state index in [1.165, 1.54) is 12.4 Å². The SMILES string of the molecule is CCCNCc1ncnn1Cc1ccc(Cl)cc1[N+](=O)[O-]. The Hall–Kier alpha value is -1.99. The normalized spacial score (nSPS) is 10.8. The monoisotopic (exact) mass is 309 g/mol. The quantitative estimate of drug-likeness (QED) is 0.482. The van der Waals surface area contributed by atoms with Gasteiger partial charge in [-0.25, -0.2) is 9.67 Å². The van der Waals surface area contributed by atoms with Gasteiger partial charge in [0.15, 0.2) is 0 Å². The van der Waals surface area contributed by atoms with E-state index in [4.69, 9.17) is 11.6 Å². The molecule has 0 unspecified atom stereocenters. The first-order valence-electron chi connectivity index (χ1n) is 6.62. The van der Waals surface area contributed by atoms with Gasteiger partial charge in [-0.1, -0.05) is 18.5 Å². The van der Waals surface area contributed by atoms with E-state index in [2.05, 4.69) is 22.3 Å². The highest BCUT2D eigenvalue weighted by Crippen LogP contribution is 2.24. The van der Waals surface area contributed by atoms with Crippen molar-refractivity contribution >= 4 is 17.3 Å². The Labute approximate surface area is 127 Å². The van der Waals surface area contributed by atoms with Crippen LogP contribution in [-0.2, 0) is 13.1 Å². The van der Waals surface area contributed by atoms with Crippen molar-refractivity contribution in [3.05, 3.63) is 51.1 Å². The van der Waals surface area contributed by atoms with Gasteiger partial charge in [0.1, 0.15) is 12.2 Å². The summed E-state index contributed by atoms with van der Waals surface area (Å²) in [6.07, 6.45) is 2.47. The molecule has 8 heteroatoms. The van der Waals surface area contributed by atoms with Crippen LogP contribution in [0.3, 0.4) is 0 Å². The first-order valence-corrected chi connectivity index (χ1v) is 6.99. The number of hydrogen-bond acceptors (Lipinski definition) is 5. The van der Waals surface area contributed by atoms with Gasteiger partial charge >= 0.3 is 0 Å². The first kappa shape index (κ1) is 15.4. The predicted molar refractivity (Wildman–Crippen MR) is 79.2 cm³/mol. The van der Waals surface area contributed by atoms with Gasteiger partial charge in [-0.15, -0.1) is 0 Å². The van der Waals surface area contributed by atoms with Crippen LogP contribution in [0.4, 0.5) is 5.69 Å². The minimum atomic E-state index is -0.437. The van der Waals surface area contributed by atoms with E-state index in [1.807, 2.05) is 0 Å².